The molecule has 0 aromatic heterocycles. The zero-order chi connectivity index (χ0) is 13.7. The van der Waals surface area contributed by atoms with Crippen molar-refractivity contribution in [3.8, 4) is 0 Å². The molecule has 1 fully saturated rings. The summed E-state index contributed by atoms with van der Waals surface area (Å²) in [6, 6.07) is 5.91. The number of nitrogens with one attached hydrogen (secondary N) is 1. The summed E-state index contributed by atoms with van der Waals surface area (Å²) in [6.07, 6.45) is 3.44. The third-order valence-corrected chi connectivity index (χ3v) is 3.40. The van der Waals surface area contributed by atoms with E-state index < -0.39 is 0 Å². The van der Waals surface area contributed by atoms with Gasteiger partial charge in [0, 0.05) is 45.6 Å². The fourth-order valence-corrected chi connectivity index (χ4v) is 2.08. The number of rotatable bonds is 8. The number of ether oxygens (including phenoxy) is 1. The summed E-state index contributed by atoms with van der Waals surface area (Å²) in [5.41, 5.74) is 1.95. The summed E-state index contributed by atoms with van der Waals surface area (Å²) in [4.78, 5) is 2.07. The number of benzene rings is 1. The molecule has 0 spiro atoms. The van der Waals surface area contributed by atoms with Gasteiger partial charge in [0.25, 0.3) is 0 Å². The average molecular weight is 266 g/mol. The molecule has 19 heavy (non-hydrogen) atoms. The Morgan fingerprint density at radius 2 is 2.16 bits per heavy atom. The number of anilines is 1. The molecule has 2 rings (SSSR count). The molecule has 1 aliphatic rings. The average Bonchev–Trinajstić information content (AvgIpc) is 3.20. The SMILES string of the molecule is COCCCN(C)c1cc(F)cc(CNC2CC2)c1. The van der Waals surface area contributed by atoms with E-state index in [0.29, 0.717) is 6.04 Å². The fraction of sp³-hybridized carbons (Fsp3) is 0.600. The summed E-state index contributed by atoms with van der Waals surface area (Å²) in [5.74, 6) is -0.163. The molecule has 0 bridgehead atoms. The highest BCUT2D eigenvalue weighted by Gasteiger charge is 2.20. The van der Waals surface area contributed by atoms with Gasteiger partial charge in [0.2, 0.25) is 0 Å². The minimum atomic E-state index is -0.163. The van der Waals surface area contributed by atoms with Gasteiger partial charge < -0.3 is 15.0 Å². The van der Waals surface area contributed by atoms with E-state index in [4.69, 9.17) is 4.74 Å². The second-order valence-corrected chi connectivity index (χ2v) is 5.24. The van der Waals surface area contributed by atoms with Crippen LogP contribution < -0.4 is 10.2 Å². The van der Waals surface area contributed by atoms with Gasteiger partial charge in [-0.05, 0) is 43.0 Å². The van der Waals surface area contributed by atoms with Crippen molar-refractivity contribution in [1.29, 1.82) is 0 Å². The summed E-state index contributed by atoms with van der Waals surface area (Å²) in [6.45, 7) is 2.35. The Bertz CT molecular complexity index is 407. The van der Waals surface area contributed by atoms with Crippen LogP contribution in [0.15, 0.2) is 18.2 Å². The number of methoxy groups -OCH3 is 1. The van der Waals surface area contributed by atoms with Crippen LogP contribution in [-0.4, -0.2) is 33.4 Å². The summed E-state index contributed by atoms with van der Waals surface area (Å²) in [5, 5.41) is 3.41. The normalized spacial score (nSPS) is 14.7. The van der Waals surface area contributed by atoms with Gasteiger partial charge in [0.15, 0.2) is 0 Å². The topological polar surface area (TPSA) is 24.5 Å². The highest BCUT2D eigenvalue weighted by molar-refractivity contribution is 5.48. The first-order chi connectivity index (χ1) is 9.19. The molecule has 3 nitrogen and oxygen atoms in total. The van der Waals surface area contributed by atoms with Gasteiger partial charge in [-0.15, -0.1) is 0 Å². The van der Waals surface area contributed by atoms with E-state index in [9.17, 15) is 4.39 Å². The molecule has 0 heterocycles. The third kappa shape index (κ3) is 4.80. The van der Waals surface area contributed by atoms with E-state index in [-0.39, 0.29) is 5.82 Å². The molecule has 1 aliphatic carbocycles. The van der Waals surface area contributed by atoms with E-state index in [1.165, 1.54) is 12.8 Å². The van der Waals surface area contributed by atoms with Gasteiger partial charge in [-0.1, -0.05) is 0 Å². The Kier molecular flexibility index (Phi) is 5.16. The number of hydrogen-bond acceptors (Lipinski definition) is 3. The molecule has 0 atom stereocenters. The minimum Gasteiger partial charge on any atom is -0.385 e. The smallest absolute Gasteiger partial charge is 0.125 e. The summed E-state index contributed by atoms with van der Waals surface area (Å²) < 4.78 is 18.7. The molecule has 0 amide bonds. The van der Waals surface area contributed by atoms with Gasteiger partial charge in [0.05, 0.1) is 0 Å². The summed E-state index contributed by atoms with van der Waals surface area (Å²) in [7, 11) is 3.69. The molecule has 0 saturated heterocycles. The van der Waals surface area contributed by atoms with Crippen molar-refractivity contribution in [1.82, 2.24) is 5.32 Å². The lowest BCUT2D eigenvalue weighted by Gasteiger charge is -2.20. The van der Waals surface area contributed by atoms with Crippen LogP contribution in [0, 0.1) is 5.82 Å². The molecule has 0 radical (unpaired) electrons. The predicted octanol–water partition coefficient (Wildman–Crippen LogP) is 2.55. The Hall–Kier alpha value is -1.13. The predicted molar refractivity (Wildman–Crippen MR) is 76.0 cm³/mol. The molecule has 106 valence electrons. The Balaban J connectivity index is 1.93. The van der Waals surface area contributed by atoms with Crippen LogP contribution in [0.1, 0.15) is 24.8 Å². The lowest BCUT2D eigenvalue weighted by Crippen LogP contribution is -2.21. The van der Waals surface area contributed by atoms with E-state index in [2.05, 4.69) is 16.3 Å². The second-order valence-electron chi connectivity index (χ2n) is 5.24. The first kappa shape index (κ1) is 14.3. The Morgan fingerprint density at radius 3 is 2.84 bits per heavy atom. The van der Waals surface area contributed by atoms with Gasteiger partial charge >= 0.3 is 0 Å². The fourth-order valence-electron chi connectivity index (χ4n) is 2.08. The maximum atomic E-state index is 13.6. The van der Waals surface area contributed by atoms with Crippen molar-refractivity contribution < 1.29 is 9.13 Å². The maximum Gasteiger partial charge on any atom is 0.125 e. The highest BCUT2D eigenvalue weighted by Crippen LogP contribution is 2.21. The van der Waals surface area contributed by atoms with Crippen LogP contribution in [0.3, 0.4) is 0 Å². The minimum absolute atomic E-state index is 0.163. The van der Waals surface area contributed by atoms with E-state index in [0.717, 1.165) is 37.4 Å². The molecule has 1 aromatic rings. The first-order valence-electron chi connectivity index (χ1n) is 6.92. The molecular formula is C15H23FN2O. The molecule has 1 N–H and O–H groups in total. The van der Waals surface area contributed by atoms with Crippen LogP contribution in [0.4, 0.5) is 10.1 Å². The maximum absolute atomic E-state index is 13.6. The number of nitrogens with zero attached hydrogens (tertiary/aromatic N) is 1. The summed E-state index contributed by atoms with van der Waals surface area (Å²) >= 11 is 0. The van der Waals surface area contributed by atoms with Gasteiger partial charge in [0.1, 0.15) is 5.82 Å². The van der Waals surface area contributed by atoms with Gasteiger partial charge in [-0.25, -0.2) is 4.39 Å². The number of hydrogen-bond donors (Lipinski definition) is 1. The van der Waals surface area contributed by atoms with Crippen molar-refractivity contribution >= 4 is 5.69 Å². The molecule has 1 aromatic carbocycles. The van der Waals surface area contributed by atoms with Crippen molar-refractivity contribution in [3.63, 3.8) is 0 Å². The van der Waals surface area contributed by atoms with E-state index >= 15 is 0 Å². The van der Waals surface area contributed by atoms with E-state index in [1.54, 1.807) is 19.2 Å². The van der Waals surface area contributed by atoms with Crippen LogP contribution >= 0.6 is 0 Å². The van der Waals surface area contributed by atoms with Gasteiger partial charge in [-0.3, -0.25) is 0 Å². The van der Waals surface area contributed by atoms with Crippen LogP contribution in [-0.2, 0) is 11.3 Å². The van der Waals surface area contributed by atoms with Crippen LogP contribution in [0.25, 0.3) is 0 Å². The molecular weight excluding hydrogens is 243 g/mol. The molecule has 1 saturated carbocycles. The van der Waals surface area contributed by atoms with E-state index in [1.807, 2.05) is 7.05 Å². The lowest BCUT2D eigenvalue weighted by molar-refractivity contribution is 0.196. The standard InChI is InChI=1S/C15H23FN2O/c1-18(6-3-7-19-2)15-9-12(8-13(16)10-15)11-17-14-4-5-14/h8-10,14,17H,3-7,11H2,1-2H3. The second kappa shape index (κ2) is 6.87. The molecule has 0 unspecified atom stereocenters. The zero-order valence-electron chi connectivity index (χ0n) is 11.8. The van der Waals surface area contributed by atoms with Crippen molar-refractivity contribution in [3.05, 3.63) is 29.6 Å². The monoisotopic (exact) mass is 266 g/mol. The largest absolute Gasteiger partial charge is 0.385 e. The zero-order valence-corrected chi connectivity index (χ0v) is 11.8. The van der Waals surface area contributed by atoms with Crippen molar-refractivity contribution in [2.45, 2.75) is 31.8 Å². The number of halogens is 1. The van der Waals surface area contributed by atoms with Crippen LogP contribution in [0.2, 0.25) is 0 Å². The third-order valence-electron chi connectivity index (χ3n) is 3.40. The van der Waals surface area contributed by atoms with Crippen molar-refractivity contribution in [2.75, 3.05) is 32.2 Å². The van der Waals surface area contributed by atoms with Gasteiger partial charge in [-0.2, -0.15) is 0 Å². The van der Waals surface area contributed by atoms with Crippen molar-refractivity contribution in [2.24, 2.45) is 0 Å². The first-order valence-corrected chi connectivity index (χ1v) is 6.92. The molecule has 4 heteroatoms. The Labute approximate surface area is 114 Å². The highest BCUT2D eigenvalue weighted by atomic mass is 19.1. The lowest BCUT2D eigenvalue weighted by atomic mass is 10.1. The quantitative estimate of drug-likeness (QED) is 0.732. The molecule has 0 aliphatic heterocycles. The van der Waals surface area contributed by atoms with Crippen LogP contribution in [0.5, 0.6) is 0 Å². The Morgan fingerprint density at radius 1 is 1.37 bits per heavy atom.